The molecule has 0 saturated carbocycles. The number of rotatable bonds is 5. The number of primary sulfonamides is 1. The Balaban J connectivity index is 2.14. The molecule has 1 aromatic rings. The first kappa shape index (κ1) is 17.3. The van der Waals surface area contributed by atoms with Gasteiger partial charge in [-0.15, -0.1) is 0 Å². The molecule has 1 saturated heterocycles. The average Bonchev–Trinajstić information content (AvgIpc) is 3.00. The topological polar surface area (TPSA) is 131 Å². The monoisotopic (exact) mass is 355 g/mol. The lowest BCUT2D eigenvalue weighted by molar-refractivity contribution is -0.122. The van der Waals surface area contributed by atoms with Crippen molar-refractivity contribution in [1.82, 2.24) is 4.90 Å². The van der Waals surface area contributed by atoms with Crippen LogP contribution < -0.4 is 16.3 Å². The Morgan fingerprint density at radius 3 is 2.26 bits per heavy atom. The molecule has 1 fully saturated rings. The van der Waals surface area contributed by atoms with E-state index in [1.165, 1.54) is 24.3 Å². The third-order valence-electron chi connectivity index (χ3n) is 3.31. The second kappa shape index (κ2) is 7.02. The quantitative estimate of drug-likeness (QED) is 0.387. The van der Waals surface area contributed by atoms with Gasteiger partial charge in [0.25, 0.3) is 5.91 Å². The lowest BCUT2D eigenvalue weighted by Gasteiger charge is -2.16. The summed E-state index contributed by atoms with van der Waals surface area (Å²) in [5.41, 5.74) is 8.66. The number of benzene rings is 1. The third-order valence-corrected chi connectivity index (χ3v) is 4.43. The number of hydrogen-bond donors (Lipinski definition) is 3. The molecule has 0 radical (unpaired) electrons. The molecule has 1 aliphatic heterocycles. The number of likely N-dealkylation sites (tertiary alicyclic amines) is 1. The van der Waals surface area contributed by atoms with E-state index in [9.17, 15) is 13.2 Å². The van der Waals surface area contributed by atoms with Crippen molar-refractivity contribution in [2.24, 2.45) is 16.0 Å². The molecule has 1 amide bonds. The fourth-order valence-electron chi connectivity index (χ4n) is 2.12. The highest BCUT2D eigenvalue weighted by Gasteiger charge is 2.24. The maximum absolute atomic E-state index is 12.3. The first-order valence-electron chi connectivity index (χ1n) is 6.84. The molecule has 23 heavy (non-hydrogen) atoms. The lowest BCUT2D eigenvalue weighted by atomic mass is 10.3. The number of carbonyl (C=O) groups excluding carboxylic acids is 1. The number of amides is 1. The molecular weight excluding hydrogens is 338 g/mol. The Labute approximate surface area is 139 Å². The van der Waals surface area contributed by atoms with Crippen molar-refractivity contribution in [3.63, 3.8) is 0 Å². The number of nitrogens with one attached hydrogen (secondary N) is 1. The largest absolute Gasteiger partial charge is 0.388 e. The van der Waals surface area contributed by atoms with Crippen LogP contribution in [0, 0.1) is 0 Å². The van der Waals surface area contributed by atoms with Crippen LogP contribution in [-0.4, -0.2) is 43.0 Å². The van der Waals surface area contributed by atoms with E-state index in [1.807, 2.05) is 0 Å². The zero-order valence-electron chi connectivity index (χ0n) is 12.2. The summed E-state index contributed by atoms with van der Waals surface area (Å²) in [4.78, 5) is 13.8. The molecule has 10 heteroatoms. The number of hydrazone groups is 1. The van der Waals surface area contributed by atoms with Crippen LogP contribution in [0.4, 0.5) is 5.69 Å². The Hall–Kier alpha value is -2.04. The van der Waals surface area contributed by atoms with Crippen LogP contribution in [0.15, 0.2) is 34.3 Å². The summed E-state index contributed by atoms with van der Waals surface area (Å²) in [6.07, 6.45) is 1.89. The number of sulfonamides is 1. The summed E-state index contributed by atoms with van der Waals surface area (Å²) in [5.74, 6) is -0.316. The van der Waals surface area contributed by atoms with Crippen LogP contribution in [0.25, 0.3) is 0 Å². The van der Waals surface area contributed by atoms with Gasteiger partial charge in [-0.2, -0.15) is 5.10 Å². The predicted molar refractivity (Wildman–Crippen MR) is 91.5 cm³/mol. The molecular formula is C13H17N5O3S2. The third kappa shape index (κ3) is 4.47. The Morgan fingerprint density at radius 1 is 1.22 bits per heavy atom. The first-order chi connectivity index (χ1) is 10.8. The zero-order chi connectivity index (χ0) is 17.0. The van der Waals surface area contributed by atoms with Crippen LogP contribution >= 0.6 is 12.2 Å². The maximum atomic E-state index is 12.3. The van der Waals surface area contributed by atoms with Crippen molar-refractivity contribution in [2.75, 3.05) is 18.5 Å². The van der Waals surface area contributed by atoms with Gasteiger partial charge in [0.15, 0.2) is 5.71 Å². The molecule has 0 atom stereocenters. The van der Waals surface area contributed by atoms with Gasteiger partial charge in [-0.3, -0.25) is 10.2 Å². The SMILES string of the molecule is NC(=S)C(=NNc1ccc(S(N)(=O)=O)cc1)C(=O)N1CCCC1. The number of anilines is 1. The van der Waals surface area contributed by atoms with Gasteiger partial charge in [-0.25, -0.2) is 13.6 Å². The minimum absolute atomic E-state index is 0.0188. The molecule has 1 aliphatic rings. The minimum Gasteiger partial charge on any atom is -0.388 e. The van der Waals surface area contributed by atoms with E-state index >= 15 is 0 Å². The van der Waals surface area contributed by atoms with Crippen molar-refractivity contribution in [3.05, 3.63) is 24.3 Å². The van der Waals surface area contributed by atoms with Gasteiger partial charge in [-0.05, 0) is 37.1 Å². The highest BCUT2D eigenvalue weighted by atomic mass is 32.2. The van der Waals surface area contributed by atoms with Crippen LogP contribution in [0.5, 0.6) is 0 Å². The van der Waals surface area contributed by atoms with Crippen LogP contribution in [0.1, 0.15) is 12.8 Å². The summed E-state index contributed by atoms with van der Waals surface area (Å²) >= 11 is 4.88. The summed E-state index contributed by atoms with van der Waals surface area (Å²) in [5, 5.41) is 8.98. The van der Waals surface area contributed by atoms with Crippen LogP contribution in [-0.2, 0) is 14.8 Å². The van der Waals surface area contributed by atoms with Crippen LogP contribution in [0.2, 0.25) is 0 Å². The molecule has 1 heterocycles. The number of nitrogens with two attached hydrogens (primary N) is 2. The number of nitrogens with zero attached hydrogens (tertiary/aromatic N) is 2. The maximum Gasteiger partial charge on any atom is 0.277 e. The number of thiocarbonyl (C=S) groups is 1. The summed E-state index contributed by atoms with van der Waals surface area (Å²) in [6, 6.07) is 5.60. The van der Waals surface area contributed by atoms with Gasteiger partial charge in [0, 0.05) is 13.1 Å². The summed E-state index contributed by atoms with van der Waals surface area (Å²) in [7, 11) is -3.75. The number of hydrogen-bond acceptors (Lipinski definition) is 6. The average molecular weight is 355 g/mol. The highest BCUT2D eigenvalue weighted by molar-refractivity contribution is 7.89. The molecule has 2 rings (SSSR count). The van der Waals surface area contributed by atoms with Gasteiger partial charge >= 0.3 is 0 Å². The van der Waals surface area contributed by atoms with E-state index in [0.29, 0.717) is 18.8 Å². The minimum atomic E-state index is -3.75. The number of carbonyl (C=O) groups is 1. The standard InChI is InChI=1S/C13H17N5O3S2/c14-12(22)11(13(19)18-7-1-2-8-18)17-16-9-3-5-10(6-4-9)23(15,20)21/h3-6,16H,1-2,7-8H2,(H2,14,22)(H2,15,20,21). The predicted octanol–water partition coefficient (Wildman–Crippen LogP) is 0.0104. The second-order valence-corrected chi connectivity index (χ2v) is 7.01. The fourth-order valence-corrected chi connectivity index (χ4v) is 2.77. The molecule has 0 bridgehead atoms. The fraction of sp³-hybridized carbons (Fsp3) is 0.308. The second-order valence-electron chi connectivity index (χ2n) is 5.01. The van der Waals surface area contributed by atoms with Gasteiger partial charge < -0.3 is 10.6 Å². The lowest BCUT2D eigenvalue weighted by Crippen LogP contribution is -2.40. The molecule has 0 unspecified atom stereocenters. The van der Waals surface area contributed by atoms with Gasteiger partial charge in [0.2, 0.25) is 10.0 Å². The van der Waals surface area contributed by atoms with Gasteiger partial charge in [0.1, 0.15) is 4.99 Å². The highest BCUT2D eigenvalue weighted by Crippen LogP contribution is 2.13. The molecule has 0 aliphatic carbocycles. The van der Waals surface area contributed by atoms with Crippen molar-refractivity contribution in [1.29, 1.82) is 0 Å². The smallest absolute Gasteiger partial charge is 0.277 e. The zero-order valence-corrected chi connectivity index (χ0v) is 13.9. The summed E-state index contributed by atoms with van der Waals surface area (Å²) < 4.78 is 22.4. The molecule has 1 aromatic carbocycles. The van der Waals surface area contributed by atoms with E-state index < -0.39 is 10.0 Å². The Bertz CT molecular complexity index is 737. The van der Waals surface area contributed by atoms with Crippen molar-refractivity contribution >= 4 is 44.5 Å². The van der Waals surface area contributed by atoms with Gasteiger partial charge in [-0.1, -0.05) is 12.2 Å². The van der Waals surface area contributed by atoms with E-state index in [0.717, 1.165) is 12.8 Å². The van der Waals surface area contributed by atoms with E-state index in [4.69, 9.17) is 23.1 Å². The van der Waals surface area contributed by atoms with Gasteiger partial charge in [0.05, 0.1) is 10.6 Å². The van der Waals surface area contributed by atoms with Crippen molar-refractivity contribution in [2.45, 2.75) is 17.7 Å². The summed E-state index contributed by atoms with van der Waals surface area (Å²) in [6.45, 7) is 1.31. The molecule has 5 N–H and O–H groups in total. The molecule has 124 valence electrons. The molecule has 0 spiro atoms. The van der Waals surface area contributed by atoms with Crippen molar-refractivity contribution in [3.8, 4) is 0 Å². The van der Waals surface area contributed by atoms with E-state index in [1.54, 1.807) is 4.90 Å². The first-order valence-corrected chi connectivity index (χ1v) is 8.80. The Kier molecular flexibility index (Phi) is 5.29. The van der Waals surface area contributed by atoms with Crippen molar-refractivity contribution < 1.29 is 13.2 Å². The molecule has 0 aromatic heterocycles. The van der Waals surface area contributed by atoms with Crippen LogP contribution in [0.3, 0.4) is 0 Å². The molecule has 8 nitrogen and oxygen atoms in total. The Morgan fingerprint density at radius 2 is 1.78 bits per heavy atom. The normalized spacial score (nSPS) is 15.5. The van der Waals surface area contributed by atoms with E-state index in [-0.39, 0.29) is 21.5 Å². The van der Waals surface area contributed by atoms with E-state index in [2.05, 4.69) is 10.5 Å².